The molecule has 2 rings (SSSR count). The molecule has 25 heavy (non-hydrogen) atoms. The standard InChI is InChI=1S/C17H24F2N4O2/c1-3-15(24)20-9-12-7-5-6-8-14(12)22-16(25)17(18,19)13-10-21-23(4-2)11-13/h3,10-12,14H,1,4-9H2,2H3,(H,20,24)(H,22,25). The summed E-state index contributed by atoms with van der Waals surface area (Å²) in [5, 5.41) is 8.95. The molecular weight excluding hydrogens is 330 g/mol. The second kappa shape index (κ2) is 8.22. The van der Waals surface area contributed by atoms with Crippen LogP contribution >= 0.6 is 0 Å². The molecule has 2 unspecified atom stereocenters. The maximum atomic E-state index is 14.4. The lowest BCUT2D eigenvalue weighted by Gasteiger charge is -2.33. The topological polar surface area (TPSA) is 76.0 Å². The van der Waals surface area contributed by atoms with Crippen LogP contribution in [0.25, 0.3) is 0 Å². The predicted molar refractivity (Wildman–Crippen MR) is 88.9 cm³/mol. The first-order valence-electron chi connectivity index (χ1n) is 8.50. The van der Waals surface area contributed by atoms with Gasteiger partial charge < -0.3 is 10.6 Å². The number of carbonyl (C=O) groups is 2. The number of carbonyl (C=O) groups excluding carboxylic acids is 2. The third-order valence-electron chi connectivity index (χ3n) is 4.55. The van der Waals surface area contributed by atoms with E-state index in [9.17, 15) is 18.4 Å². The van der Waals surface area contributed by atoms with Crippen molar-refractivity contribution in [2.45, 2.75) is 51.1 Å². The molecule has 0 bridgehead atoms. The van der Waals surface area contributed by atoms with Crippen LogP contribution in [0, 0.1) is 5.92 Å². The molecule has 8 heteroatoms. The molecule has 2 atom stereocenters. The highest BCUT2D eigenvalue weighted by Gasteiger charge is 2.43. The maximum Gasteiger partial charge on any atom is 0.352 e. The quantitative estimate of drug-likeness (QED) is 0.735. The Kier molecular flexibility index (Phi) is 6.27. The summed E-state index contributed by atoms with van der Waals surface area (Å²) >= 11 is 0. The van der Waals surface area contributed by atoms with Crippen LogP contribution < -0.4 is 10.6 Å². The second-order valence-corrected chi connectivity index (χ2v) is 6.23. The fourth-order valence-corrected chi connectivity index (χ4v) is 3.03. The molecule has 0 radical (unpaired) electrons. The van der Waals surface area contributed by atoms with Crippen molar-refractivity contribution in [3.63, 3.8) is 0 Å². The third kappa shape index (κ3) is 4.64. The molecule has 1 saturated carbocycles. The average Bonchev–Trinajstić information content (AvgIpc) is 3.10. The van der Waals surface area contributed by atoms with E-state index in [1.807, 2.05) is 0 Å². The lowest BCUT2D eigenvalue weighted by Crippen LogP contribution is -2.50. The van der Waals surface area contributed by atoms with Gasteiger partial charge in [0.15, 0.2) is 0 Å². The van der Waals surface area contributed by atoms with Crippen LogP contribution in [0.15, 0.2) is 25.0 Å². The molecule has 2 N–H and O–H groups in total. The van der Waals surface area contributed by atoms with Gasteiger partial charge in [-0.05, 0) is 31.8 Å². The first-order valence-corrected chi connectivity index (χ1v) is 8.50. The number of alkyl halides is 2. The lowest BCUT2D eigenvalue weighted by molar-refractivity contribution is -0.148. The highest BCUT2D eigenvalue weighted by atomic mass is 19.3. The van der Waals surface area contributed by atoms with E-state index in [1.54, 1.807) is 6.92 Å². The molecule has 1 heterocycles. The molecule has 1 aromatic heterocycles. The van der Waals surface area contributed by atoms with Crippen molar-refractivity contribution in [1.82, 2.24) is 20.4 Å². The summed E-state index contributed by atoms with van der Waals surface area (Å²) in [5.41, 5.74) is -0.417. The van der Waals surface area contributed by atoms with E-state index in [0.29, 0.717) is 19.5 Å². The summed E-state index contributed by atoms with van der Waals surface area (Å²) in [4.78, 5) is 23.5. The summed E-state index contributed by atoms with van der Waals surface area (Å²) in [6.45, 7) is 5.93. The van der Waals surface area contributed by atoms with E-state index in [2.05, 4.69) is 22.3 Å². The molecule has 0 spiro atoms. The predicted octanol–water partition coefficient (Wildman–Crippen LogP) is 1.97. The zero-order valence-corrected chi connectivity index (χ0v) is 14.3. The van der Waals surface area contributed by atoms with Gasteiger partial charge in [-0.2, -0.15) is 13.9 Å². The van der Waals surface area contributed by atoms with Crippen molar-refractivity contribution in [3.05, 3.63) is 30.6 Å². The van der Waals surface area contributed by atoms with E-state index in [4.69, 9.17) is 0 Å². The van der Waals surface area contributed by atoms with Gasteiger partial charge in [-0.3, -0.25) is 14.3 Å². The third-order valence-corrected chi connectivity index (χ3v) is 4.55. The normalized spacial score (nSPS) is 20.8. The molecule has 1 aromatic rings. The number of aryl methyl sites for hydroxylation is 1. The Labute approximate surface area is 145 Å². The summed E-state index contributed by atoms with van der Waals surface area (Å²) in [7, 11) is 0. The number of nitrogens with one attached hydrogen (secondary N) is 2. The zero-order chi connectivity index (χ0) is 18.4. The molecule has 1 aliphatic rings. The first kappa shape index (κ1) is 19.1. The molecule has 2 amide bonds. The highest BCUT2D eigenvalue weighted by molar-refractivity contribution is 5.87. The van der Waals surface area contributed by atoms with Gasteiger partial charge in [0.25, 0.3) is 5.91 Å². The second-order valence-electron chi connectivity index (χ2n) is 6.23. The van der Waals surface area contributed by atoms with Gasteiger partial charge in [-0.25, -0.2) is 0 Å². The fraction of sp³-hybridized carbons (Fsp3) is 0.588. The number of hydrogen-bond donors (Lipinski definition) is 2. The van der Waals surface area contributed by atoms with Gasteiger partial charge in [0.05, 0.1) is 11.8 Å². The Morgan fingerprint density at radius 1 is 1.44 bits per heavy atom. The maximum absolute atomic E-state index is 14.4. The van der Waals surface area contributed by atoms with Crippen molar-refractivity contribution in [2.24, 2.45) is 5.92 Å². The molecule has 138 valence electrons. The SMILES string of the molecule is C=CC(=O)NCC1CCCCC1NC(=O)C(F)(F)c1cnn(CC)c1. The number of nitrogens with zero attached hydrogens (tertiary/aromatic N) is 2. The Morgan fingerprint density at radius 3 is 2.80 bits per heavy atom. The molecule has 0 aromatic carbocycles. The van der Waals surface area contributed by atoms with Crippen LogP contribution in [-0.4, -0.2) is 34.2 Å². The monoisotopic (exact) mass is 354 g/mol. The molecule has 0 saturated heterocycles. The molecule has 6 nitrogen and oxygen atoms in total. The van der Waals surface area contributed by atoms with Crippen LogP contribution in [0.4, 0.5) is 8.78 Å². The number of hydrogen-bond acceptors (Lipinski definition) is 3. The van der Waals surface area contributed by atoms with E-state index >= 15 is 0 Å². The van der Waals surface area contributed by atoms with Crippen LogP contribution in [-0.2, 0) is 22.1 Å². The van der Waals surface area contributed by atoms with Crippen LogP contribution in [0.3, 0.4) is 0 Å². The van der Waals surface area contributed by atoms with Crippen LogP contribution in [0.1, 0.15) is 38.2 Å². The van der Waals surface area contributed by atoms with E-state index in [-0.39, 0.29) is 11.8 Å². The van der Waals surface area contributed by atoms with Crippen molar-refractivity contribution in [2.75, 3.05) is 6.54 Å². The molecular formula is C17H24F2N4O2. The van der Waals surface area contributed by atoms with E-state index < -0.39 is 23.4 Å². The van der Waals surface area contributed by atoms with Crippen LogP contribution in [0.5, 0.6) is 0 Å². The number of aromatic nitrogens is 2. The van der Waals surface area contributed by atoms with Crippen molar-refractivity contribution >= 4 is 11.8 Å². The van der Waals surface area contributed by atoms with Crippen molar-refractivity contribution < 1.29 is 18.4 Å². The Balaban J connectivity index is 2.02. The fourth-order valence-electron chi connectivity index (χ4n) is 3.03. The average molecular weight is 354 g/mol. The van der Waals surface area contributed by atoms with Crippen molar-refractivity contribution in [3.8, 4) is 0 Å². The van der Waals surface area contributed by atoms with Crippen molar-refractivity contribution in [1.29, 1.82) is 0 Å². The molecule has 1 aliphatic carbocycles. The van der Waals surface area contributed by atoms with Crippen LogP contribution in [0.2, 0.25) is 0 Å². The Morgan fingerprint density at radius 2 is 2.16 bits per heavy atom. The Bertz CT molecular complexity index is 630. The first-order chi connectivity index (χ1) is 11.9. The van der Waals surface area contributed by atoms with Gasteiger partial charge in [0.2, 0.25) is 5.91 Å². The van der Waals surface area contributed by atoms with Gasteiger partial charge in [0.1, 0.15) is 0 Å². The smallest absolute Gasteiger partial charge is 0.352 e. The highest BCUT2D eigenvalue weighted by Crippen LogP contribution is 2.30. The minimum absolute atomic E-state index is 0.0734. The van der Waals surface area contributed by atoms with Gasteiger partial charge >= 0.3 is 5.92 Å². The molecule has 0 aliphatic heterocycles. The summed E-state index contributed by atoms with van der Waals surface area (Å²) in [5.74, 6) is -5.35. The minimum Gasteiger partial charge on any atom is -0.352 e. The number of halogens is 2. The largest absolute Gasteiger partial charge is 0.352 e. The molecule has 1 fully saturated rings. The van der Waals surface area contributed by atoms with E-state index in [1.165, 1.54) is 10.9 Å². The van der Waals surface area contributed by atoms with Gasteiger partial charge in [-0.1, -0.05) is 19.4 Å². The zero-order valence-electron chi connectivity index (χ0n) is 14.3. The summed E-state index contributed by atoms with van der Waals surface area (Å²) in [6, 6.07) is -0.390. The summed E-state index contributed by atoms with van der Waals surface area (Å²) < 4.78 is 30.2. The van der Waals surface area contributed by atoms with Gasteiger partial charge in [0, 0.05) is 25.3 Å². The number of rotatable bonds is 7. The summed E-state index contributed by atoms with van der Waals surface area (Å²) in [6.07, 6.45) is 6.55. The number of amides is 2. The Hall–Kier alpha value is -2.25. The van der Waals surface area contributed by atoms with E-state index in [0.717, 1.165) is 31.5 Å². The minimum atomic E-state index is -3.64. The lowest BCUT2D eigenvalue weighted by atomic mass is 9.84. The van der Waals surface area contributed by atoms with Gasteiger partial charge in [-0.15, -0.1) is 0 Å².